The molecule has 0 radical (unpaired) electrons. The summed E-state index contributed by atoms with van der Waals surface area (Å²) in [7, 11) is 1.69. The average molecular weight is 198 g/mol. The highest BCUT2D eigenvalue weighted by molar-refractivity contribution is 6.01. The van der Waals surface area contributed by atoms with Crippen molar-refractivity contribution in [3.63, 3.8) is 0 Å². The van der Waals surface area contributed by atoms with E-state index in [9.17, 15) is 9.59 Å². The Morgan fingerprint density at radius 3 is 2.21 bits per heavy atom. The lowest BCUT2D eigenvalue weighted by atomic mass is 9.87. The molecule has 1 saturated heterocycles. The number of hydrogen-bond acceptors (Lipinski definition) is 2. The lowest BCUT2D eigenvalue weighted by molar-refractivity contribution is -0.158. The summed E-state index contributed by atoms with van der Waals surface area (Å²) in [5, 5.41) is 2.75. The molecule has 1 aliphatic heterocycles. The summed E-state index contributed by atoms with van der Waals surface area (Å²) in [6.07, 6.45) is 0.622. The second-order valence-corrected chi connectivity index (χ2v) is 4.57. The molecule has 0 spiro atoms. The summed E-state index contributed by atoms with van der Waals surface area (Å²) >= 11 is 0. The van der Waals surface area contributed by atoms with Crippen molar-refractivity contribution in [3.8, 4) is 0 Å². The highest BCUT2D eigenvalue weighted by atomic mass is 16.2. The van der Waals surface area contributed by atoms with Gasteiger partial charge in [-0.3, -0.25) is 9.59 Å². The summed E-state index contributed by atoms with van der Waals surface area (Å²) in [4.78, 5) is 25.2. The van der Waals surface area contributed by atoms with Gasteiger partial charge in [-0.1, -0.05) is 6.92 Å². The molecule has 1 unspecified atom stereocenters. The molecule has 1 aliphatic rings. The Balaban J connectivity index is 3.09. The Kier molecular flexibility index (Phi) is 2.34. The minimum atomic E-state index is -0.777. The van der Waals surface area contributed by atoms with Gasteiger partial charge in [0.1, 0.15) is 11.1 Å². The van der Waals surface area contributed by atoms with Gasteiger partial charge in [-0.15, -0.1) is 0 Å². The number of rotatable bonds is 1. The molecule has 0 aromatic carbocycles. The van der Waals surface area contributed by atoms with Crippen molar-refractivity contribution in [1.82, 2.24) is 10.2 Å². The van der Waals surface area contributed by atoms with E-state index in [2.05, 4.69) is 5.32 Å². The molecule has 0 bridgehead atoms. The van der Waals surface area contributed by atoms with Crippen molar-refractivity contribution >= 4 is 11.8 Å². The Bertz CT molecular complexity index is 286. The highest BCUT2D eigenvalue weighted by Crippen LogP contribution is 2.26. The molecule has 1 heterocycles. The van der Waals surface area contributed by atoms with Crippen LogP contribution in [0.25, 0.3) is 0 Å². The fourth-order valence-corrected chi connectivity index (χ4v) is 1.67. The molecule has 2 amide bonds. The summed E-state index contributed by atoms with van der Waals surface area (Å²) in [5.41, 5.74) is -1.48. The molecule has 0 saturated carbocycles. The van der Waals surface area contributed by atoms with Gasteiger partial charge in [0, 0.05) is 7.05 Å². The van der Waals surface area contributed by atoms with E-state index in [-0.39, 0.29) is 11.8 Å². The molecule has 0 aromatic heterocycles. The number of nitrogens with zero attached hydrogens (tertiary/aromatic N) is 1. The predicted octanol–water partition coefficient (Wildman–Crippen LogP) is 0.522. The van der Waals surface area contributed by atoms with Crippen molar-refractivity contribution in [1.29, 1.82) is 0 Å². The highest BCUT2D eigenvalue weighted by Gasteiger charge is 2.49. The first-order valence-corrected chi connectivity index (χ1v) is 4.86. The van der Waals surface area contributed by atoms with Crippen LogP contribution in [0.15, 0.2) is 0 Å². The first-order chi connectivity index (χ1) is 6.25. The van der Waals surface area contributed by atoms with E-state index in [1.165, 1.54) is 0 Å². The van der Waals surface area contributed by atoms with Gasteiger partial charge in [-0.05, 0) is 27.2 Å². The number of likely N-dealkylation sites (N-methyl/N-ethyl adjacent to an activating group) is 1. The van der Waals surface area contributed by atoms with Crippen LogP contribution in [0, 0.1) is 0 Å². The Morgan fingerprint density at radius 1 is 1.29 bits per heavy atom. The number of carbonyl (C=O) groups excluding carboxylic acids is 2. The third kappa shape index (κ3) is 1.29. The number of amides is 2. The molecule has 4 heteroatoms. The summed E-state index contributed by atoms with van der Waals surface area (Å²) in [5.74, 6) is -0.117. The predicted molar refractivity (Wildman–Crippen MR) is 53.7 cm³/mol. The monoisotopic (exact) mass is 198 g/mol. The van der Waals surface area contributed by atoms with E-state index in [0.717, 1.165) is 0 Å². The van der Waals surface area contributed by atoms with Crippen molar-refractivity contribution < 1.29 is 9.59 Å². The summed E-state index contributed by atoms with van der Waals surface area (Å²) < 4.78 is 0. The zero-order valence-corrected chi connectivity index (χ0v) is 9.47. The van der Waals surface area contributed by atoms with Crippen molar-refractivity contribution in [3.05, 3.63) is 0 Å². The summed E-state index contributed by atoms with van der Waals surface area (Å²) in [6.45, 7) is 7.13. The van der Waals surface area contributed by atoms with Gasteiger partial charge in [-0.25, -0.2) is 0 Å². The molecule has 14 heavy (non-hydrogen) atoms. The second-order valence-electron chi connectivity index (χ2n) is 4.57. The molecule has 4 nitrogen and oxygen atoms in total. The van der Waals surface area contributed by atoms with Crippen molar-refractivity contribution in [2.45, 2.75) is 45.2 Å². The SMILES string of the molecule is CCC1(C)C(=O)NC(C)(C)C(=O)N1C. The molecular weight excluding hydrogens is 180 g/mol. The maximum Gasteiger partial charge on any atom is 0.248 e. The minimum absolute atomic E-state index is 0.0403. The van der Waals surface area contributed by atoms with Crippen LogP contribution < -0.4 is 5.32 Å². The summed E-state index contributed by atoms with van der Waals surface area (Å²) in [6, 6.07) is 0. The standard InChI is InChI=1S/C10H18N2O2/c1-6-10(4)7(13)11-9(2,3)8(14)12(10)5/h6H2,1-5H3,(H,11,13). The van der Waals surface area contributed by atoms with Crippen molar-refractivity contribution in [2.24, 2.45) is 0 Å². The van der Waals surface area contributed by atoms with Crippen LogP contribution in [-0.4, -0.2) is 34.8 Å². The van der Waals surface area contributed by atoms with Crippen molar-refractivity contribution in [2.75, 3.05) is 7.05 Å². The maximum atomic E-state index is 11.9. The zero-order valence-electron chi connectivity index (χ0n) is 9.47. The smallest absolute Gasteiger partial charge is 0.248 e. The van der Waals surface area contributed by atoms with E-state index < -0.39 is 11.1 Å². The van der Waals surface area contributed by atoms with Gasteiger partial charge < -0.3 is 10.2 Å². The quantitative estimate of drug-likeness (QED) is 0.668. The molecular formula is C10H18N2O2. The normalized spacial score (nSPS) is 31.6. The van der Waals surface area contributed by atoms with E-state index in [1.54, 1.807) is 32.7 Å². The van der Waals surface area contributed by atoms with Crippen LogP contribution in [0.3, 0.4) is 0 Å². The molecule has 0 aliphatic carbocycles. The molecule has 1 rings (SSSR count). The average Bonchev–Trinajstić information content (AvgIpc) is 2.11. The third-order valence-corrected chi connectivity index (χ3v) is 3.18. The lowest BCUT2D eigenvalue weighted by Gasteiger charge is -2.47. The van der Waals surface area contributed by atoms with Gasteiger partial charge in [0.15, 0.2) is 0 Å². The van der Waals surface area contributed by atoms with E-state index >= 15 is 0 Å². The van der Waals surface area contributed by atoms with Crippen LogP contribution in [0.5, 0.6) is 0 Å². The largest absolute Gasteiger partial charge is 0.340 e. The number of hydrogen-bond donors (Lipinski definition) is 1. The maximum absolute atomic E-state index is 11.9. The van der Waals surface area contributed by atoms with Crippen LogP contribution in [0.1, 0.15) is 34.1 Å². The van der Waals surface area contributed by atoms with E-state index in [1.807, 2.05) is 6.92 Å². The van der Waals surface area contributed by atoms with Gasteiger partial charge in [0.05, 0.1) is 0 Å². The molecule has 1 atom stereocenters. The van der Waals surface area contributed by atoms with Gasteiger partial charge in [0.2, 0.25) is 11.8 Å². The number of carbonyl (C=O) groups is 2. The van der Waals surface area contributed by atoms with E-state index in [4.69, 9.17) is 0 Å². The Labute approximate surface area is 84.7 Å². The Hall–Kier alpha value is -1.06. The number of piperazine rings is 1. The third-order valence-electron chi connectivity index (χ3n) is 3.18. The molecule has 1 N–H and O–H groups in total. The van der Waals surface area contributed by atoms with Crippen LogP contribution in [0.2, 0.25) is 0 Å². The van der Waals surface area contributed by atoms with E-state index in [0.29, 0.717) is 6.42 Å². The van der Waals surface area contributed by atoms with Gasteiger partial charge >= 0.3 is 0 Å². The molecule has 1 fully saturated rings. The minimum Gasteiger partial charge on any atom is -0.340 e. The van der Waals surface area contributed by atoms with Crippen LogP contribution in [-0.2, 0) is 9.59 Å². The van der Waals surface area contributed by atoms with Gasteiger partial charge in [-0.2, -0.15) is 0 Å². The first-order valence-electron chi connectivity index (χ1n) is 4.86. The second kappa shape index (κ2) is 2.97. The molecule has 80 valence electrons. The lowest BCUT2D eigenvalue weighted by Crippen LogP contribution is -2.72. The van der Waals surface area contributed by atoms with Gasteiger partial charge in [0.25, 0.3) is 0 Å². The fourth-order valence-electron chi connectivity index (χ4n) is 1.67. The fraction of sp³-hybridized carbons (Fsp3) is 0.800. The molecule has 0 aromatic rings. The number of nitrogens with one attached hydrogen (secondary N) is 1. The zero-order chi connectivity index (χ0) is 11.1. The van der Waals surface area contributed by atoms with Crippen LogP contribution in [0.4, 0.5) is 0 Å². The topological polar surface area (TPSA) is 49.4 Å². The first kappa shape index (κ1) is 11.0. The Morgan fingerprint density at radius 2 is 1.79 bits per heavy atom. The van der Waals surface area contributed by atoms with Crippen LogP contribution >= 0.6 is 0 Å².